The second-order valence-electron chi connectivity index (χ2n) is 6.67. The van der Waals surface area contributed by atoms with E-state index in [-0.39, 0.29) is 38.1 Å². The number of carbonyl (C=O) groups is 2. The van der Waals surface area contributed by atoms with Gasteiger partial charge in [-0.15, -0.1) is 0 Å². The highest BCUT2D eigenvalue weighted by Crippen LogP contribution is 2.34. The van der Waals surface area contributed by atoms with E-state index in [4.69, 9.17) is 0 Å². The first-order chi connectivity index (χ1) is 13.9. The van der Waals surface area contributed by atoms with Crippen molar-refractivity contribution in [2.75, 3.05) is 6.54 Å². The second kappa shape index (κ2) is 7.25. The number of carbonyl (C=O) groups excluding carboxylic acids is 2. The van der Waals surface area contributed by atoms with Gasteiger partial charge in [-0.3, -0.25) is 9.59 Å². The highest BCUT2D eigenvalue weighted by atomic mass is 32.2. The Morgan fingerprint density at radius 2 is 1.59 bits per heavy atom. The maximum absolute atomic E-state index is 12.9. The van der Waals surface area contributed by atoms with Crippen LogP contribution in [0.1, 0.15) is 31.8 Å². The van der Waals surface area contributed by atoms with Gasteiger partial charge in [0, 0.05) is 23.2 Å². The Kier molecular flexibility index (Phi) is 4.76. The third-order valence-electron chi connectivity index (χ3n) is 4.81. The summed E-state index contributed by atoms with van der Waals surface area (Å²) in [5.74, 6) is -1.16. The van der Waals surface area contributed by atoms with Gasteiger partial charge in [0.1, 0.15) is 5.82 Å². The molecule has 5 nitrogen and oxygen atoms in total. The minimum absolute atomic E-state index is 0.0497. The fraction of sp³-hybridized carbons (Fsp3) is 0.0909. The van der Waals surface area contributed by atoms with E-state index < -0.39 is 15.7 Å². The van der Waals surface area contributed by atoms with Crippen molar-refractivity contribution >= 4 is 21.5 Å². The largest absolute Gasteiger partial charge is 0.352 e. The molecule has 0 radical (unpaired) electrons. The molecule has 0 saturated carbocycles. The van der Waals surface area contributed by atoms with E-state index in [2.05, 4.69) is 5.32 Å². The molecule has 4 rings (SSSR count). The molecule has 0 spiro atoms. The van der Waals surface area contributed by atoms with Crippen LogP contribution >= 0.6 is 0 Å². The van der Waals surface area contributed by atoms with Crippen molar-refractivity contribution in [2.24, 2.45) is 0 Å². The molecule has 0 fully saturated rings. The zero-order valence-electron chi connectivity index (χ0n) is 15.2. The van der Waals surface area contributed by atoms with Crippen LogP contribution in [0, 0.1) is 5.82 Å². The Bertz CT molecular complexity index is 1230. The van der Waals surface area contributed by atoms with E-state index in [1.54, 1.807) is 24.3 Å². The minimum atomic E-state index is -3.89. The molecule has 0 aromatic heterocycles. The third-order valence-corrected chi connectivity index (χ3v) is 6.66. The fourth-order valence-corrected chi connectivity index (χ4v) is 4.98. The Balaban J connectivity index is 1.56. The Labute approximate surface area is 167 Å². The predicted molar refractivity (Wildman–Crippen MR) is 104 cm³/mol. The number of rotatable bonds is 4. The summed E-state index contributed by atoms with van der Waals surface area (Å²) in [5, 5.41) is 2.71. The Morgan fingerprint density at radius 1 is 0.897 bits per heavy atom. The molecular formula is C22H16FNO4S. The summed E-state index contributed by atoms with van der Waals surface area (Å²) in [6, 6.07) is 16.1. The van der Waals surface area contributed by atoms with Crippen LogP contribution in [-0.4, -0.2) is 26.7 Å². The zero-order valence-corrected chi connectivity index (χ0v) is 16.0. The quantitative estimate of drug-likeness (QED) is 0.561. The van der Waals surface area contributed by atoms with Crippen LogP contribution < -0.4 is 5.32 Å². The lowest BCUT2D eigenvalue weighted by atomic mass is 10.0. The van der Waals surface area contributed by atoms with Crippen LogP contribution in [0.2, 0.25) is 0 Å². The summed E-state index contributed by atoms with van der Waals surface area (Å²) >= 11 is 0. The first-order valence-electron chi connectivity index (χ1n) is 8.93. The van der Waals surface area contributed by atoms with Gasteiger partial charge in [-0.1, -0.05) is 24.3 Å². The maximum Gasteiger partial charge on any atom is 0.251 e. The van der Waals surface area contributed by atoms with Gasteiger partial charge >= 0.3 is 0 Å². The first-order valence-corrected chi connectivity index (χ1v) is 10.4. The van der Waals surface area contributed by atoms with Crippen LogP contribution in [0.3, 0.4) is 0 Å². The number of fused-ring (bicyclic) bond motifs is 2. The summed E-state index contributed by atoms with van der Waals surface area (Å²) < 4.78 is 38.8. The molecule has 0 saturated heterocycles. The van der Waals surface area contributed by atoms with Crippen LogP contribution in [0.5, 0.6) is 0 Å². The number of benzene rings is 3. The molecule has 0 atom stereocenters. The standard InChI is InChI=1S/C22H16FNO4S/c23-16-8-5-14(6-9-16)11-12-24-22(26)15-7-10-18-20(13-15)29(27,28)19-4-2-1-3-17(19)21(18)25/h1-10,13H,11-12H2,(H,24,26). The van der Waals surface area contributed by atoms with Gasteiger partial charge in [0.2, 0.25) is 9.84 Å². The van der Waals surface area contributed by atoms with Crippen molar-refractivity contribution in [3.63, 3.8) is 0 Å². The monoisotopic (exact) mass is 409 g/mol. The summed E-state index contributed by atoms with van der Waals surface area (Å²) in [6.07, 6.45) is 0.501. The number of halogens is 1. The lowest BCUT2D eigenvalue weighted by molar-refractivity contribution is 0.0952. The number of sulfone groups is 1. The van der Waals surface area contributed by atoms with E-state index in [1.807, 2.05) is 0 Å². The normalized spacial score (nSPS) is 14.0. The Hall–Kier alpha value is -3.32. The molecule has 146 valence electrons. The van der Waals surface area contributed by atoms with E-state index in [0.29, 0.717) is 13.0 Å². The molecule has 1 aliphatic rings. The van der Waals surface area contributed by atoms with Gasteiger partial charge in [-0.25, -0.2) is 12.8 Å². The second-order valence-corrected chi connectivity index (χ2v) is 8.56. The van der Waals surface area contributed by atoms with E-state index >= 15 is 0 Å². The summed E-state index contributed by atoms with van der Waals surface area (Å²) in [5.41, 5.74) is 1.21. The number of hydrogen-bond donors (Lipinski definition) is 1. The van der Waals surface area contributed by atoms with Gasteiger partial charge < -0.3 is 5.32 Å². The average Bonchev–Trinajstić information content (AvgIpc) is 2.73. The highest BCUT2D eigenvalue weighted by Gasteiger charge is 2.34. The molecular weight excluding hydrogens is 393 g/mol. The van der Waals surface area contributed by atoms with Gasteiger partial charge in [0.25, 0.3) is 5.91 Å². The number of ketones is 1. The minimum Gasteiger partial charge on any atom is -0.352 e. The third kappa shape index (κ3) is 3.45. The molecule has 0 unspecified atom stereocenters. The zero-order chi connectivity index (χ0) is 20.6. The SMILES string of the molecule is O=C(NCCc1ccc(F)cc1)c1ccc2c(c1)S(=O)(=O)c1ccccc1C2=O. The summed E-state index contributed by atoms with van der Waals surface area (Å²) in [7, 11) is -3.89. The maximum atomic E-state index is 12.9. The fourth-order valence-electron chi connectivity index (χ4n) is 3.30. The molecule has 1 aliphatic heterocycles. The van der Waals surface area contributed by atoms with Crippen LogP contribution in [0.15, 0.2) is 76.5 Å². The summed E-state index contributed by atoms with van der Waals surface area (Å²) in [6.45, 7) is 0.302. The molecule has 1 heterocycles. The molecule has 1 N–H and O–H groups in total. The van der Waals surface area contributed by atoms with Crippen molar-refractivity contribution in [1.82, 2.24) is 5.32 Å². The van der Waals surface area contributed by atoms with Gasteiger partial charge in [-0.05, 0) is 54.4 Å². The van der Waals surface area contributed by atoms with Crippen LogP contribution in [-0.2, 0) is 16.3 Å². The topological polar surface area (TPSA) is 80.3 Å². The lowest BCUT2D eigenvalue weighted by Crippen LogP contribution is -2.27. The van der Waals surface area contributed by atoms with E-state index in [1.165, 1.54) is 42.5 Å². The molecule has 3 aromatic rings. The highest BCUT2D eigenvalue weighted by molar-refractivity contribution is 7.91. The van der Waals surface area contributed by atoms with Crippen molar-refractivity contribution in [2.45, 2.75) is 16.2 Å². The van der Waals surface area contributed by atoms with Crippen molar-refractivity contribution in [3.8, 4) is 0 Å². The first kappa shape index (κ1) is 19.0. The van der Waals surface area contributed by atoms with Crippen molar-refractivity contribution in [1.29, 1.82) is 0 Å². The van der Waals surface area contributed by atoms with Crippen molar-refractivity contribution < 1.29 is 22.4 Å². The molecule has 0 bridgehead atoms. The van der Waals surface area contributed by atoms with E-state index in [0.717, 1.165) is 5.56 Å². The van der Waals surface area contributed by atoms with Crippen molar-refractivity contribution in [3.05, 3.63) is 94.8 Å². The van der Waals surface area contributed by atoms with E-state index in [9.17, 15) is 22.4 Å². The molecule has 3 aromatic carbocycles. The molecule has 7 heteroatoms. The smallest absolute Gasteiger partial charge is 0.251 e. The summed E-state index contributed by atoms with van der Waals surface area (Å²) in [4.78, 5) is 24.9. The molecule has 0 aliphatic carbocycles. The van der Waals surface area contributed by atoms with Crippen LogP contribution in [0.4, 0.5) is 4.39 Å². The molecule has 1 amide bonds. The number of amides is 1. The van der Waals surface area contributed by atoms with Gasteiger partial charge in [0.15, 0.2) is 5.78 Å². The molecule has 29 heavy (non-hydrogen) atoms. The lowest BCUT2D eigenvalue weighted by Gasteiger charge is -2.19. The number of hydrogen-bond acceptors (Lipinski definition) is 4. The number of nitrogens with one attached hydrogen (secondary N) is 1. The Morgan fingerprint density at radius 3 is 2.34 bits per heavy atom. The van der Waals surface area contributed by atoms with Gasteiger partial charge in [0.05, 0.1) is 9.79 Å². The average molecular weight is 409 g/mol. The van der Waals surface area contributed by atoms with Crippen LogP contribution in [0.25, 0.3) is 0 Å². The predicted octanol–water partition coefficient (Wildman–Crippen LogP) is 3.18. The van der Waals surface area contributed by atoms with Gasteiger partial charge in [-0.2, -0.15) is 0 Å².